The number of benzene rings is 3. The van der Waals surface area contributed by atoms with Crippen molar-refractivity contribution in [3.63, 3.8) is 0 Å². The van der Waals surface area contributed by atoms with Crippen LogP contribution in [-0.4, -0.2) is 49.9 Å². The lowest BCUT2D eigenvalue weighted by molar-refractivity contribution is -0.129. The van der Waals surface area contributed by atoms with E-state index < -0.39 is 17.6 Å². The molecule has 1 aliphatic rings. The van der Waals surface area contributed by atoms with E-state index in [1.807, 2.05) is 12.1 Å². The number of para-hydroxylation sites is 1. The summed E-state index contributed by atoms with van der Waals surface area (Å²) in [7, 11) is 3.12. The predicted molar refractivity (Wildman–Crippen MR) is 163 cm³/mol. The topological polar surface area (TPSA) is 111 Å². The van der Waals surface area contributed by atoms with Crippen molar-refractivity contribution in [3.8, 4) is 17.2 Å². The second-order valence-electron chi connectivity index (χ2n) is 9.41. The molecule has 0 aromatic heterocycles. The van der Waals surface area contributed by atoms with Gasteiger partial charge in [0, 0.05) is 52.7 Å². The van der Waals surface area contributed by atoms with E-state index in [-0.39, 0.29) is 25.5 Å². The number of amides is 1. The zero-order valence-electron chi connectivity index (χ0n) is 23.4. The first-order valence-corrected chi connectivity index (χ1v) is 14.0. The minimum atomic E-state index is -1.45. The van der Waals surface area contributed by atoms with Crippen LogP contribution in [0, 0.1) is 0 Å². The minimum Gasteiger partial charge on any atom is -0.494 e. The van der Waals surface area contributed by atoms with Gasteiger partial charge in [-0.1, -0.05) is 47.5 Å². The maximum Gasteiger partial charge on any atom is 0.266 e. The fourth-order valence-corrected chi connectivity index (χ4v) is 5.15. The summed E-state index contributed by atoms with van der Waals surface area (Å²) >= 11 is 12.8. The third-order valence-electron chi connectivity index (χ3n) is 6.70. The monoisotopic (exact) mass is 613 g/mol. The zero-order valence-corrected chi connectivity index (χ0v) is 24.9. The van der Waals surface area contributed by atoms with Crippen molar-refractivity contribution < 1.29 is 28.8 Å². The van der Waals surface area contributed by atoms with E-state index in [1.54, 1.807) is 68.8 Å². The van der Waals surface area contributed by atoms with Gasteiger partial charge in [-0.05, 0) is 42.5 Å². The Kier molecular flexibility index (Phi) is 10.7. The van der Waals surface area contributed by atoms with E-state index in [4.69, 9.17) is 52.2 Å². The molecule has 2 atom stereocenters. The van der Waals surface area contributed by atoms with Gasteiger partial charge in [-0.3, -0.25) is 10.2 Å². The molecule has 0 radical (unpaired) electrons. The first kappa shape index (κ1) is 31.2. The molecular weight excluding hydrogens is 581 g/mol. The van der Waals surface area contributed by atoms with E-state index in [9.17, 15) is 4.79 Å². The summed E-state index contributed by atoms with van der Waals surface area (Å²) < 4.78 is 22.9. The maximum absolute atomic E-state index is 14.0. The van der Waals surface area contributed by atoms with Gasteiger partial charge in [0.25, 0.3) is 5.91 Å². The van der Waals surface area contributed by atoms with Crippen LogP contribution in [0.2, 0.25) is 10.0 Å². The van der Waals surface area contributed by atoms with Gasteiger partial charge in [0.05, 0.1) is 20.8 Å². The highest BCUT2D eigenvalue weighted by molar-refractivity contribution is 6.35. The number of nitrogens with zero attached hydrogens (tertiary/aromatic N) is 1. The van der Waals surface area contributed by atoms with Crippen molar-refractivity contribution in [2.45, 2.75) is 31.0 Å². The van der Waals surface area contributed by atoms with Gasteiger partial charge < -0.3 is 24.1 Å². The average molecular weight is 615 g/mol. The van der Waals surface area contributed by atoms with Crippen molar-refractivity contribution >= 4 is 35.0 Å². The van der Waals surface area contributed by atoms with Crippen molar-refractivity contribution in [3.05, 3.63) is 100 Å². The third-order valence-corrected chi connectivity index (χ3v) is 7.26. The molecule has 222 valence electrons. The Bertz CT molecular complexity index is 1430. The summed E-state index contributed by atoms with van der Waals surface area (Å²) in [6, 6.07) is 17.6. The molecule has 4 rings (SSSR count). The van der Waals surface area contributed by atoms with Crippen LogP contribution < -0.4 is 25.1 Å². The molecule has 1 amide bonds. The molecule has 0 fully saturated rings. The van der Waals surface area contributed by atoms with E-state index >= 15 is 0 Å². The SMILES string of the molecule is C=CC[C@]1(C(=O)NNCc2cccc(OC)c2OC)N=C(c2ccc(OCCCO)cc2)O[C@H]1c1ccc(Cl)cc1Cl. The number of carbonyl (C=O) groups excluding carboxylic acids is 1. The first-order valence-electron chi connectivity index (χ1n) is 13.3. The summed E-state index contributed by atoms with van der Waals surface area (Å²) in [5.41, 5.74) is 6.31. The quantitative estimate of drug-likeness (QED) is 0.126. The number of hydrogen-bond donors (Lipinski definition) is 3. The number of methoxy groups -OCH3 is 2. The van der Waals surface area contributed by atoms with Gasteiger partial charge >= 0.3 is 0 Å². The molecule has 1 heterocycles. The van der Waals surface area contributed by atoms with Gasteiger partial charge in [0.2, 0.25) is 5.90 Å². The van der Waals surface area contributed by atoms with Gasteiger partial charge in [-0.25, -0.2) is 10.4 Å². The summed E-state index contributed by atoms with van der Waals surface area (Å²) in [5.74, 6) is 1.59. The summed E-state index contributed by atoms with van der Waals surface area (Å²) in [6.45, 7) is 4.57. The van der Waals surface area contributed by atoms with Gasteiger partial charge in [0.15, 0.2) is 23.1 Å². The standard InChI is InChI=1S/C31H33Cl2N3O6/c1-4-15-31(30(38)36-34-19-21-7-5-8-26(39-2)27(21)40-3)28(24-14-11-22(32)18-25(24)33)42-29(35-31)20-9-12-23(13-10-20)41-17-6-16-37/h4-5,7-14,18,28,34,37H,1,6,15-17,19H2,2-3H3,(H,36,38)/t28-,31-/m0/s1. The number of rotatable bonds is 14. The van der Waals surface area contributed by atoms with Crippen LogP contribution in [0.5, 0.6) is 17.2 Å². The van der Waals surface area contributed by atoms with Crippen LogP contribution in [-0.2, 0) is 16.1 Å². The molecule has 3 aromatic carbocycles. The van der Waals surface area contributed by atoms with Gasteiger partial charge in [0.1, 0.15) is 5.75 Å². The fraction of sp³-hybridized carbons (Fsp3) is 0.290. The lowest BCUT2D eigenvalue weighted by Crippen LogP contribution is -2.52. The molecule has 0 saturated heterocycles. The zero-order chi connectivity index (χ0) is 30.1. The van der Waals surface area contributed by atoms with Crippen LogP contribution in [0.25, 0.3) is 0 Å². The Hall–Kier alpha value is -3.76. The van der Waals surface area contributed by atoms with E-state index in [2.05, 4.69) is 17.4 Å². The third kappa shape index (κ3) is 6.82. The molecular formula is C31H33Cl2N3O6. The Balaban J connectivity index is 1.65. The lowest BCUT2D eigenvalue weighted by atomic mass is 9.84. The average Bonchev–Trinajstić information content (AvgIpc) is 3.37. The number of nitrogens with one attached hydrogen (secondary N) is 2. The highest BCUT2D eigenvalue weighted by Crippen LogP contribution is 2.45. The molecule has 9 nitrogen and oxygen atoms in total. The highest BCUT2D eigenvalue weighted by Gasteiger charge is 2.53. The number of carbonyl (C=O) groups is 1. The van der Waals surface area contributed by atoms with Crippen molar-refractivity contribution in [1.29, 1.82) is 0 Å². The maximum atomic E-state index is 14.0. The molecule has 1 aliphatic heterocycles. The molecule has 0 saturated carbocycles. The van der Waals surface area contributed by atoms with Crippen LogP contribution in [0.15, 0.2) is 78.3 Å². The number of aliphatic hydroxyl groups excluding tert-OH is 1. The summed E-state index contributed by atoms with van der Waals surface area (Å²) in [5, 5.41) is 9.79. The van der Waals surface area contributed by atoms with Crippen LogP contribution in [0.1, 0.15) is 35.6 Å². The molecule has 0 spiro atoms. The molecule has 3 aromatic rings. The van der Waals surface area contributed by atoms with Crippen LogP contribution in [0.3, 0.4) is 0 Å². The molecule has 0 aliphatic carbocycles. The Morgan fingerprint density at radius 1 is 1.14 bits per heavy atom. The predicted octanol–water partition coefficient (Wildman–Crippen LogP) is 5.43. The number of hydrazine groups is 1. The van der Waals surface area contributed by atoms with Crippen LogP contribution >= 0.6 is 23.2 Å². The van der Waals surface area contributed by atoms with Crippen molar-refractivity contribution in [2.24, 2.45) is 4.99 Å². The Labute approximate surface area is 255 Å². The van der Waals surface area contributed by atoms with E-state index in [0.29, 0.717) is 51.4 Å². The first-order chi connectivity index (χ1) is 20.4. The summed E-state index contributed by atoms with van der Waals surface area (Å²) in [4.78, 5) is 18.8. The number of hydrogen-bond acceptors (Lipinski definition) is 8. The smallest absolute Gasteiger partial charge is 0.266 e. The van der Waals surface area contributed by atoms with Crippen molar-refractivity contribution in [2.75, 3.05) is 27.4 Å². The number of halogens is 2. The van der Waals surface area contributed by atoms with E-state index in [1.165, 1.54) is 0 Å². The summed E-state index contributed by atoms with van der Waals surface area (Å²) in [6.07, 6.45) is 1.41. The Morgan fingerprint density at radius 2 is 1.93 bits per heavy atom. The molecule has 0 bridgehead atoms. The normalized spacial score (nSPS) is 17.6. The second-order valence-corrected chi connectivity index (χ2v) is 10.3. The van der Waals surface area contributed by atoms with E-state index in [0.717, 1.165) is 5.56 Å². The molecule has 11 heteroatoms. The van der Waals surface area contributed by atoms with Crippen LogP contribution in [0.4, 0.5) is 0 Å². The van der Waals surface area contributed by atoms with Crippen molar-refractivity contribution in [1.82, 2.24) is 10.9 Å². The molecule has 3 N–H and O–H groups in total. The number of ether oxygens (including phenoxy) is 4. The van der Waals surface area contributed by atoms with Gasteiger partial charge in [-0.2, -0.15) is 0 Å². The largest absolute Gasteiger partial charge is 0.494 e. The molecule has 0 unspecified atom stereocenters. The lowest BCUT2D eigenvalue weighted by Gasteiger charge is -2.30. The Morgan fingerprint density at radius 3 is 2.60 bits per heavy atom. The highest BCUT2D eigenvalue weighted by atomic mass is 35.5. The van der Waals surface area contributed by atoms with Gasteiger partial charge in [-0.15, -0.1) is 6.58 Å². The second kappa shape index (κ2) is 14.4. The minimum absolute atomic E-state index is 0.0484. The number of aliphatic hydroxyl groups is 1. The number of aliphatic imine (C=N–C) groups is 1. The molecule has 42 heavy (non-hydrogen) atoms. The fourth-order valence-electron chi connectivity index (χ4n) is 4.65.